The highest BCUT2D eigenvalue weighted by atomic mass is 16.5. The predicted octanol–water partition coefficient (Wildman–Crippen LogP) is 2.19. The summed E-state index contributed by atoms with van der Waals surface area (Å²) in [7, 11) is 5.36. The Morgan fingerprint density at radius 1 is 1.22 bits per heavy atom. The number of hydrogen-bond donors (Lipinski definition) is 1. The van der Waals surface area contributed by atoms with Gasteiger partial charge in [-0.1, -0.05) is 0 Å². The van der Waals surface area contributed by atoms with E-state index in [4.69, 9.17) is 15.2 Å². The molecular formula is C14H24N2O2. The number of nitrogens with zero attached hydrogens (tertiary/aromatic N) is 1. The van der Waals surface area contributed by atoms with Gasteiger partial charge >= 0.3 is 0 Å². The molecule has 0 saturated heterocycles. The maximum Gasteiger partial charge on any atom is 0.148 e. The molecule has 0 aromatic heterocycles. The highest BCUT2D eigenvalue weighted by Gasteiger charge is 2.25. The van der Waals surface area contributed by atoms with Gasteiger partial charge in [-0.15, -0.1) is 0 Å². The first-order valence-electron chi connectivity index (χ1n) is 6.04. The topological polar surface area (TPSA) is 47.7 Å². The lowest BCUT2D eigenvalue weighted by Gasteiger charge is -2.37. The zero-order chi connectivity index (χ0) is 13.9. The Hall–Kier alpha value is -1.42. The van der Waals surface area contributed by atoms with E-state index >= 15 is 0 Å². The van der Waals surface area contributed by atoms with Crippen molar-refractivity contribution in [2.75, 3.05) is 32.7 Å². The van der Waals surface area contributed by atoms with E-state index < -0.39 is 0 Å². The zero-order valence-corrected chi connectivity index (χ0v) is 12.2. The summed E-state index contributed by atoms with van der Waals surface area (Å²) in [4.78, 5) is 2.14. The Bertz CT molecular complexity index is 417. The molecule has 1 rings (SSSR count). The quantitative estimate of drug-likeness (QED) is 0.872. The molecule has 0 aliphatic rings. The SMILES string of the molecule is COc1ccc(N(C)C(C)(C)CN)c(OC)c1C. The van der Waals surface area contributed by atoms with E-state index in [-0.39, 0.29) is 5.54 Å². The Morgan fingerprint density at radius 2 is 1.83 bits per heavy atom. The number of methoxy groups -OCH3 is 2. The lowest BCUT2D eigenvalue weighted by molar-refractivity contribution is 0.385. The van der Waals surface area contributed by atoms with Gasteiger partial charge in [0.15, 0.2) is 0 Å². The number of nitrogens with two attached hydrogens (primary N) is 1. The largest absolute Gasteiger partial charge is 0.496 e. The van der Waals surface area contributed by atoms with Gasteiger partial charge in [-0.2, -0.15) is 0 Å². The fraction of sp³-hybridized carbons (Fsp3) is 0.571. The predicted molar refractivity (Wildman–Crippen MR) is 75.8 cm³/mol. The molecule has 0 fully saturated rings. The van der Waals surface area contributed by atoms with Crippen molar-refractivity contribution in [1.82, 2.24) is 0 Å². The van der Waals surface area contributed by atoms with E-state index in [1.807, 2.05) is 26.1 Å². The molecule has 18 heavy (non-hydrogen) atoms. The smallest absolute Gasteiger partial charge is 0.148 e. The van der Waals surface area contributed by atoms with Crippen molar-refractivity contribution in [2.24, 2.45) is 5.73 Å². The van der Waals surface area contributed by atoms with Gasteiger partial charge in [0.05, 0.1) is 19.9 Å². The van der Waals surface area contributed by atoms with Crippen molar-refractivity contribution in [2.45, 2.75) is 26.3 Å². The molecule has 0 saturated carbocycles. The first-order chi connectivity index (χ1) is 8.38. The van der Waals surface area contributed by atoms with E-state index in [0.29, 0.717) is 6.54 Å². The van der Waals surface area contributed by atoms with Crippen molar-refractivity contribution in [3.8, 4) is 11.5 Å². The van der Waals surface area contributed by atoms with Gasteiger partial charge in [0.1, 0.15) is 11.5 Å². The third kappa shape index (κ3) is 2.53. The third-order valence-corrected chi connectivity index (χ3v) is 3.53. The molecule has 1 aromatic rings. The van der Waals surface area contributed by atoms with Crippen LogP contribution >= 0.6 is 0 Å². The molecule has 1 aromatic carbocycles. The Balaban J connectivity index is 3.29. The molecule has 0 aliphatic carbocycles. The molecule has 0 aliphatic heterocycles. The van der Waals surface area contributed by atoms with Crippen LogP contribution in [0.2, 0.25) is 0 Å². The summed E-state index contributed by atoms with van der Waals surface area (Å²) in [5.74, 6) is 1.66. The minimum atomic E-state index is -0.131. The first kappa shape index (κ1) is 14.6. The summed E-state index contributed by atoms with van der Waals surface area (Å²) in [6.45, 7) is 6.76. The number of ether oxygens (including phenoxy) is 2. The number of hydrogen-bond acceptors (Lipinski definition) is 4. The highest BCUT2D eigenvalue weighted by Crippen LogP contribution is 2.38. The van der Waals surface area contributed by atoms with E-state index in [2.05, 4.69) is 18.7 Å². The highest BCUT2D eigenvalue weighted by molar-refractivity contribution is 5.66. The van der Waals surface area contributed by atoms with Crippen LogP contribution in [-0.2, 0) is 0 Å². The van der Waals surface area contributed by atoms with Gasteiger partial charge in [-0.05, 0) is 32.9 Å². The fourth-order valence-corrected chi connectivity index (χ4v) is 1.87. The van der Waals surface area contributed by atoms with Crippen molar-refractivity contribution in [3.05, 3.63) is 17.7 Å². The molecule has 2 N–H and O–H groups in total. The third-order valence-electron chi connectivity index (χ3n) is 3.53. The minimum Gasteiger partial charge on any atom is -0.496 e. The summed E-state index contributed by atoms with van der Waals surface area (Å²) < 4.78 is 10.8. The van der Waals surface area contributed by atoms with Crippen molar-refractivity contribution in [1.29, 1.82) is 0 Å². The molecule has 0 unspecified atom stereocenters. The van der Waals surface area contributed by atoms with Crippen molar-refractivity contribution < 1.29 is 9.47 Å². The van der Waals surface area contributed by atoms with Crippen LogP contribution in [0.5, 0.6) is 11.5 Å². The van der Waals surface area contributed by atoms with Gasteiger partial charge in [-0.25, -0.2) is 0 Å². The molecule has 0 heterocycles. The summed E-state index contributed by atoms with van der Waals surface area (Å²) >= 11 is 0. The lowest BCUT2D eigenvalue weighted by Crippen LogP contribution is -2.47. The second-order valence-corrected chi connectivity index (χ2v) is 5.02. The summed E-state index contributed by atoms with van der Waals surface area (Å²) in [5.41, 5.74) is 7.71. The first-order valence-corrected chi connectivity index (χ1v) is 6.04. The van der Waals surface area contributed by atoms with Crippen LogP contribution in [0.3, 0.4) is 0 Å². The van der Waals surface area contributed by atoms with Crippen LogP contribution < -0.4 is 20.1 Å². The molecule has 0 radical (unpaired) electrons. The van der Waals surface area contributed by atoms with E-state index in [0.717, 1.165) is 22.7 Å². The van der Waals surface area contributed by atoms with Crippen molar-refractivity contribution in [3.63, 3.8) is 0 Å². The van der Waals surface area contributed by atoms with E-state index in [9.17, 15) is 0 Å². The summed E-state index contributed by atoms with van der Waals surface area (Å²) in [6, 6.07) is 3.96. The molecule has 4 nitrogen and oxygen atoms in total. The number of rotatable bonds is 5. The van der Waals surface area contributed by atoms with E-state index in [1.54, 1.807) is 14.2 Å². The van der Waals surface area contributed by atoms with Crippen LogP contribution in [-0.4, -0.2) is 33.4 Å². The van der Waals surface area contributed by atoms with E-state index in [1.165, 1.54) is 0 Å². The number of likely N-dealkylation sites (N-methyl/N-ethyl adjacent to an activating group) is 1. The molecule has 0 bridgehead atoms. The van der Waals surface area contributed by atoms with Crippen LogP contribution in [0, 0.1) is 6.92 Å². The van der Waals surface area contributed by atoms with Crippen molar-refractivity contribution >= 4 is 5.69 Å². The van der Waals surface area contributed by atoms with Crippen LogP contribution in [0.15, 0.2) is 12.1 Å². The monoisotopic (exact) mass is 252 g/mol. The van der Waals surface area contributed by atoms with Gasteiger partial charge in [0, 0.05) is 24.7 Å². The second-order valence-electron chi connectivity index (χ2n) is 5.02. The van der Waals surface area contributed by atoms with Crippen LogP contribution in [0.1, 0.15) is 19.4 Å². The molecule has 102 valence electrons. The second kappa shape index (κ2) is 5.48. The molecule has 0 spiro atoms. The molecule has 0 amide bonds. The van der Waals surface area contributed by atoms with Crippen LogP contribution in [0.25, 0.3) is 0 Å². The molecule has 0 atom stereocenters. The van der Waals surface area contributed by atoms with Gasteiger partial charge in [-0.3, -0.25) is 0 Å². The Kier molecular flexibility index (Phi) is 4.46. The Morgan fingerprint density at radius 3 is 2.28 bits per heavy atom. The number of anilines is 1. The van der Waals surface area contributed by atoms with Gasteiger partial charge < -0.3 is 20.1 Å². The van der Waals surface area contributed by atoms with Crippen LogP contribution in [0.4, 0.5) is 5.69 Å². The average molecular weight is 252 g/mol. The number of benzene rings is 1. The van der Waals surface area contributed by atoms with Gasteiger partial charge in [0.25, 0.3) is 0 Å². The molecular weight excluding hydrogens is 228 g/mol. The molecule has 4 heteroatoms. The minimum absolute atomic E-state index is 0.131. The standard InChI is InChI=1S/C14H24N2O2/c1-10-12(17-5)8-7-11(13(10)18-6)16(4)14(2,3)9-15/h7-8H,9,15H2,1-6H3. The lowest BCUT2D eigenvalue weighted by atomic mass is 10.0. The Labute approximate surface area is 110 Å². The average Bonchev–Trinajstić information content (AvgIpc) is 2.37. The maximum atomic E-state index is 5.82. The fourth-order valence-electron chi connectivity index (χ4n) is 1.87. The normalized spacial score (nSPS) is 11.3. The van der Waals surface area contributed by atoms with Gasteiger partial charge in [0.2, 0.25) is 0 Å². The zero-order valence-electron chi connectivity index (χ0n) is 12.2. The summed E-state index contributed by atoms with van der Waals surface area (Å²) in [5, 5.41) is 0. The maximum absolute atomic E-state index is 5.82. The summed E-state index contributed by atoms with van der Waals surface area (Å²) in [6.07, 6.45) is 0.